The van der Waals surface area contributed by atoms with Crippen LogP contribution in [0, 0.1) is 0 Å². The molecule has 3 aromatic rings. The molecule has 1 aliphatic heterocycles. The molecule has 1 aromatic carbocycles. The van der Waals surface area contributed by atoms with Crippen molar-refractivity contribution in [2.24, 2.45) is 0 Å². The summed E-state index contributed by atoms with van der Waals surface area (Å²) in [5.74, 6) is 1.45. The molecule has 0 bridgehead atoms. The lowest BCUT2D eigenvalue weighted by atomic mass is 10.2. The molecule has 30 heavy (non-hydrogen) atoms. The van der Waals surface area contributed by atoms with E-state index in [-0.39, 0.29) is 0 Å². The number of halogens is 2. The van der Waals surface area contributed by atoms with Gasteiger partial charge in [0.25, 0.3) is 0 Å². The summed E-state index contributed by atoms with van der Waals surface area (Å²) in [6.07, 6.45) is 2.69. The van der Waals surface area contributed by atoms with Crippen LogP contribution in [-0.4, -0.2) is 66.2 Å². The van der Waals surface area contributed by atoms with Gasteiger partial charge in [-0.05, 0) is 37.7 Å². The van der Waals surface area contributed by atoms with Crippen LogP contribution in [0.5, 0.6) is 0 Å². The zero-order valence-electron chi connectivity index (χ0n) is 16.9. The van der Waals surface area contributed by atoms with Gasteiger partial charge in [-0.3, -0.25) is 4.98 Å². The maximum absolute atomic E-state index is 6.23. The highest BCUT2D eigenvalue weighted by Gasteiger charge is 2.16. The molecule has 1 aliphatic rings. The molecule has 7 nitrogen and oxygen atoms in total. The minimum absolute atomic E-state index is 0.460. The second kappa shape index (κ2) is 9.64. The molecule has 0 saturated carbocycles. The summed E-state index contributed by atoms with van der Waals surface area (Å²) in [5, 5.41) is 8.97. The van der Waals surface area contributed by atoms with Gasteiger partial charge in [0, 0.05) is 67.6 Å². The molecular weight excluding hydrogens is 421 g/mol. The summed E-state index contributed by atoms with van der Waals surface area (Å²) in [4.78, 5) is 17.9. The number of hydrogen-bond acceptors (Lipinski definition) is 7. The molecule has 0 radical (unpaired) electrons. The first-order valence-electron chi connectivity index (χ1n) is 10.1. The molecule has 0 unspecified atom stereocenters. The van der Waals surface area contributed by atoms with E-state index < -0.39 is 0 Å². The lowest BCUT2D eigenvalue weighted by molar-refractivity contribution is 0.312. The van der Waals surface area contributed by atoms with Crippen LogP contribution in [0.1, 0.15) is 6.42 Å². The van der Waals surface area contributed by atoms with Gasteiger partial charge in [-0.1, -0.05) is 23.2 Å². The van der Waals surface area contributed by atoms with Crippen LogP contribution in [0.4, 0.5) is 17.5 Å². The first-order chi connectivity index (χ1) is 14.6. The van der Waals surface area contributed by atoms with E-state index in [1.54, 1.807) is 6.20 Å². The summed E-state index contributed by atoms with van der Waals surface area (Å²) in [5.41, 5.74) is 1.93. The predicted octanol–water partition coefficient (Wildman–Crippen LogP) is 4.00. The maximum Gasteiger partial charge on any atom is 0.226 e. The van der Waals surface area contributed by atoms with Crippen molar-refractivity contribution in [3.63, 3.8) is 0 Å². The maximum atomic E-state index is 6.23. The quantitative estimate of drug-likeness (QED) is 0.420. The predicted molar refractivity (Wildman–Crippen MR) is 125 cm³/mol. The van der Waals surface area contributed by atoms with Gasteiger partial charge in [0.15, 0.2) is 0 Å². The fraction of sp³-hybridized carbons (Fsp3) is 0.381. The third kappa shape index (κ3) is 5.22. The van der Waals surface area contributed by atoms with Gasteiger partial charge in [0.05, 0.1) is 5.52 Å². The Hall–Kier alpha value is -2.35. The summed E-state index contributed by atoms with van der Waals surface area (Å²) in [6, 6.07) is 9.56. The molecule has 1 saturated heterocycles. The average molecular weight is 446 g/mol. The van der Waals surface area contributed by atoms with E-state index in [1.807, 2.05) is 30.3 Å². The van der Waals surface area contributed by atoms with Gasteiger partial charge in [-0.2, -0.15) is 4.98 Å². The van der Waals surface area contributed by atoms with E-state index in [4.69, 9.17) is 23.2 Å². The molecule has 4 rings (SSSR count). The van der Waals surface area contributed by atoms with Crippen LogP contribution >= 0.6 is 23.2 Å². The van der Waals surface area contributed by atoms with Crippen molar-refractivity contribution < 1.29 is 0 Å². The van der Waals surface area contributed by atoms with Crippen molar-refractivity contribution in [3.05, 3.63) is 46.7 Å². The van der Waals surface area contributed by atoms with Crippen LogP contribution in [0.2, 0.25) is 10.2 Å². The number of rotatable bonds is 7. The number of likely N-dealkylation sites (N-methyl/N-ethyl adjacent to an activating group) is 1. The Morgan fingerprint density at radius 2 is 1.77 bits per heavy atom. The Labute approximate surface area is 186 Å². The molecule has 158 valence electrons. The number of piperazine rings is 1. The number of hydrogen-bond donors (Lipinski definition) is 2. The topological polar surface area (TPSA) is 69.2 Å². The standard InChI is InChI=1S/C21H25Cl2N7/c1-29-9-11-30(12-10-29)20-14-19(23)27-21(28-20)26-7-2-6-24-17-5-8-25-18-13-15(22)3-4-16(17)18/h3-5,8,13-14H,2,6-7,9-12H2,1H3,(H,24,25)(H,26,27,28). The van der Waals surface area contributed by atoms with E-state index in [0.29, 0.717) is 16.1 Å². The fourth-order valence-electron chi connectivity index (χ4n) is 3.47. The molecule has 0 spiro atoms. The summed E-state index contributed by atoms with van der Waals surface area (Å²) in [7, 11) is 2.13. The van der Waals surface area contributed by atoms with Crippen molar-refractivity contribution in [1.29, 1.82) is 0 Å². The lowest BCUT2D eigenvalue weighted by Crippen LogP contribution is -2.44. The number of anilines is 3. The number of benzene rings is 1. The van der Waals surface area contributed by atoms with Gasteiger partial charge >= 0.3 is 0 Å². The van der Waals surface area contributed by atoms with Crippen LogP contribution in [0.25, 0.3) is 10.9 Å². The summed E-state index contributed by atoms with van der Waals surface area (Å²) < 4.78 is 0. The monoisotopic (exact) mass is 445 g/mol. The second-order valence-electron chi connectivity index (χ2n) is 7.39. The van der Waals surface area contributed by atoms with Crippen LogP contribution in [0.15, 0.2) is 36.5 Å². The van der Waals surface area contributed by atoms with Crippen molar-refractivity contribution in [2.45, 2.75) is 6.42 Å². The Balaban J connectivity index is 1.30. The lowest BCUT2D eigenvalue weighted by Gasteiger charge is -2.33. The van der Waals surface area contributed by atoms with Gasteiger partial charge < -0.3 is 20.4 Å². The van der Waals surface area contributed by atoms with E-state index >= 15 is 0 Å². The van der Waals surface area contributed by atoms with Crippen molar-refractivity contribution in [1.82, 2.24) is 19.9 Å². The first kappa shape index (κ1) is 20.9. The van der Waals surface area contributed by atoms with E-state index in [9.17, 15) is 0 Å². The number of fused-ring (bicyclic) bond motifs is 1. The number of nitrogens with zero attached hydrogens (tertiary/aromatic N) is 5. The van der Waals surface area contributed by atoms with E-state index in [2.05, 4.69) is 42.4 Å². The molecule has 1 fully saturated rings. The van der Waals surface area contributed by atoms with Gasteiger partial charge in [-0.25, -0.2) is 4.98 Å². The number of nitrogens with one attached hydrogen (secondary N) is 2. The molecule has 0 amide bonds. The zero-order chi connectivity index (χ0) is 20.9. The van der Waals surface area contributed by atoms with Crippen LogP contribution < -0.4 is 15.5 Å². The highest BCUT2D eigenvalue weighted by molar-refractivity contribution is 6.31. The number of aromatic nitrogens is 3. The Morgan fingerprint density at radius 3 is 2.60 bits per heavy atom. The average Bonchev–Trinajstić information content (AvgIpc) is 2.73. The minimum Gasteiger partial charge on any atom is -0.384 e. The fourth-order valence-corrected chi connectivity index (χ4v) is 3.81. The smallest absolute Gasteiger partial charge is 0.226 e. The Bertz CT molecular complexity index is 1010. The van der Waals surface area contributed by atoms with E-state index in [1.165, 1.54) is 0 Å². The number of pyridine rings is 1. The highest BCUT2D eigenvalue weighted by Crippen LogP contribution is 2.24. The molecule has 0 aliphatic carbocycles. The largest absolute Gasteiger partial charge is 0.384 e. The summed E-state index contributed by atoms with van der Waals surface area (Å²) in [6.45, 7) is 5.47. The Kier molecular flexibility index (Phi) is 6.72. The molecule has 2 N–H and O–H groups in total. The molecule has 2 aromatic heterocycles. The second-order valence-corrected chi connectivity index (χ2v) is 8.21. The third-order valence-corrected chi connectivity index (χ3v) is 5.59. The normalized spacial score (nSPS) is 14.8. The van der Waals surface area contributed by atoms with Crippen molar-refractivity contribution >= 4 is 51.6 Å². The van der Waals surface area contributed by atoms with Crippen molar-refractivity contribution in [3.8, 4) is 0 Å². The highest BCUT2D eigenvalue weighted by atomic mass is 35.5. The van der Waals surface area contributed by atoms with E-state index in [0.717, 1.165) is 68.1 Å². The molecule has 9 heteroatoms. The van der Waals surface area contributed by atoms with Crippen molar-refractivity contribution in [2.75, 3.05) is 61.8 Å². The third-order valence-electron chi connectivity index (χ3n) is 5.17. The SMILES string of the molecule is CN1CCN(c2cc(Cl)nc(NCCCNc3ccnc4cc(Cl)ccc34)n2)CC1. The molecular formula is C21H25Cl2N7. The summed E-state index contributed by atoms with van der Waals surface area (Å²) >= 11 is 12.3. The molecule has 0 atom stereocenters. The molecule has 3 heterocycles. The zero-order valence-corrected chi connectivity index (χ0v) is 18.4. The van der Waals surface area contributed by atoms with Gasteiger partial charge in [0.2, 0.25) is 5.95 Å². The first-order valence-corrected chi connectivity index (χ1v) is 10.8. The van der Waals surface area contributed by atoms with Crippen LogP contribution in [0.3, 0.4) is 0 Å². The van der Waals surface area contributed by atoms with Crippen LogP contribution in [-0.2, 0) is 0 Å². The minimum atomic E-state index is 0.460. The Morgan fingerprint density at radius 1 is 0.967 bits per heavy atom. The van der Waals surface area contributed by atoms with Gasteiger partial charge in [-0.15, -0.1) is 0 Å². The van der Waals surface area contributed by atoms with Gasteiger partial charge in [0.1, 0.15) is 11.0 Å².